The van der Waals surface area contributed by atoms with Crippen LogP contribution in [0.2, 0.25) is 0 Å². The number of aryl methyl sites for hydroxylation is 1. The summed E-state index contributed by atoms with van der Waals surface area (Å²) in [6, 6.07) is 0. The Kier molecular flexibility index (Phi) is 3.48. The van der Waals surface area contributed by atoms with Gasteiger partial charge in [-0.25, -0.2) is 19.2 Å². The minimum absolute atomic E-state index is 0.000124. The molecule has 110 valence electrons. The van der Waals surface area contributed by atoms with E-state index in [0.717, 1.165) is 5.69 Å². The van der Waals surface area contributed by atoms with Gasteiger partial charge in [-0.3, -0.25) is 5.43 Å². The zero-order valence-electron chi connectivity index (χ0n) is 11.0. The number of aromatic nitrogens is 2. The Morgan fingerprint density at radius 1 is 1.25 bits per heavy atom. The van der Waals surface area contributed by atoms with Crippen molar-refractivity contribution in [3.8, 4) is 0 Å². The Bertz CT molecular complexity index is 613. The lowest BCUT2D eigenvalue weighted by atomic mass is 10.1. The Labute approximate surface area is 117 Å². The van der Waals surface area contributed by atoms with Crippen molar-refractivity contribution in [1.82, 2.24) is 9.97 Å². The van der Waals surface area contributed by atoms with E-state index in [9.17, 15) is 8.42 Å². The molecule has 9 heteroatoms. The molecule has 0 radical (unpaired) electrons. The number of morpholine rings is 1. The van der Waals surface area contributed by atoms with Gasteiger partial charge in [0, 0.05) is 25.1 Å². The highest BCUT2D eigenvalue weighted by Crippen LogP contribution is 2.29. The van der Waals surface area contributed by atoms with Crippen LogP contribution in [0.25, 0.3) is 0 Å². The predicted octanol–water partition coefficient (Wildman–Crippen LogP) is -0.930. The average molecular weight is 299 g/mol. The molecule has 8 nitrogen and oxygen atoms in total. The topological polar surface area (TPSA) is 110 Å². The lowest BCUT2D eigenvalue weighted by molar-refractivity contribution is 0.122. The van der Waals surface area contributed by atoms with Crippen LogP contribution in [0, 0.1) is 0 Å². The highest BCUT2D eigenvalue weighted by atomic mass is 32.2. The fraction of sp³-hybridized carbons (Fsp3) is 0.636. The van der Waals surface area contributed by atoms with Crippen LogP contribution in [0.3, 0.4) is 0 Å². The van der Waals surface area contributed by atoms with Gasteiger partial charge in [-0.1, -0.05) is 0 Å². The van der Waals surface area contributed by atoms with Crippen LogP contribution >= 0.6 is 0 Å². The van der Waals surface area contributed by atoms with Crippen molar-refractivity contribution in [2.24, 2.45) is 5.84 Å². The second kappa shape index (κ2) is 5.15. The summed E-state index contributed by atoms with van der Waals surface area (Å²) >= 11 is 0. The number of hydrogen-bond acceptors (Lipinski definition) is 8. The van der Waals surface area contributed by atoms with E-state index in [1.807, 2.05) is 4.90 Å². The van der Waals surface area contributed by atoms with Gasteiger partial charge in [0.15, 0.2) is 9.84 Å². The van der Waals surface area contributed by atoms with Crippen LogP contribution in [-0.2, 0) is 26.7 Å². The SMILES string of the molecule is NNc1nc2c(c(N3CCOCC3)n1)CS(=O)(=O)CC2. The molecule has 1 fully saturated rings. The van der Waals surface area contributed by atoms with Crippen LogP contribution in [0.1, 0.15) is 11.3 Å². The highest BCUT2D eigenvalue weighted by Gasteiger charge is 2.29. The predicted molar refractivity (Wildman–Crippen MR) is 74.1 cm³/mol. The van der Waals surface area contributed by atoms with Gasteiger partial charge in [0.1, 0.15) is 5.82 Å². The molecule has 1 saturated heterocycles. The van der Waals surface area contributed by atoms with Crippen molar-refractivity contribution in [3.05, 3.63) is 11.3 Å². The number of nitrogen functional groups attached to an aromatic ring is 1. The van der Waals surface area contributed by atoms with Crippen molar-refractivity contribution in [1.29, 1.82) is 0 Å². The standard InChI is InChI=1S/C11H17N5O3S/c12-15-11-13-9-1-6-20(17,18)7-8(9)10(14-11)16-2-4-19-5-3-16/h1-7,12H2,(H,13,14,15). The minimum Gasteiger partial charge on any atom is -0.378 e. The summed E-state index contributed by atoms with van der Waals surface area (Å²) in [4.78, 5) is 10.7. The first-order valence-electron chi connectivity index (χ1n) is 6.48. The molecule has 0 atom stereocenters. The van der Waals surface area contributed by atoms with Crippen molar-refractivity contribution in [2.75, 3.05) is 42.4 Å². The van der Waals surface area contributed by atoms with E-state index in [1.54, 1.807) is 0 Å². The van der Waals surface area contributed by atoms with E-state index in [0.29, 0.717) is 50.1 Å². The third-order valence-corrected chi connectivity index (χ3v) is 5.08. The molecule has 2 aliphatic heterocycles. The first-order valence-corrected chi connectivity index (χ1v) is 8.31. The van der Waals surface area contributed by atoms with Gasteiger partial charge in [0.05, 0.1) is 30.4 Å². The van der Waals surface area contributed by atoms with Gasteiger partial charge in [0.2, 0.25) is 5.95 Å². The number of fused-ring (bicyclic) bond motifs is 1. The molecule has 0 amide bonds. The van der Waals surface area contributed by atoms with Crippen molar-refractivity contribution >= 4 is 21.6 Å². The number of nitrogens with zero attached hydrogens (tertiary/aromatic N) is 3. The molecule has 0 bridgehead atoms. The lowest BCUT2D eigenvalue weighted by Crippen LogP contribution is -2.38. The molecule has 0 unspecified atom stereocenters. The minimum atomic E-state index is -3.07. The van der Waals surface area contributed by atoms with E-state index < -0.39 is 9.84 Å². The van der Waals surface area contributed by atoms with Crippen molar-refractivity contribution in [2.45, 2.75) is 12.2 Å². The second-order valence-corrected chi connectivity index (χ2v) is 7.07. The van der Waals surface area contributed by atoms with Crippen molar-refractivity contribution in [3.63, 3.8) is 0 Å². The number of nitrogens with one attached hydrogen (secondary N) is 1. The molecule has 0 spiro atoms. The third kappa shape index (κ3) is 2.56. The number of nitrogens with two attached hydrogens (primary N) is 1. The molecule has 3 rings (SSSR count). The molecule has 3 N–H and O–H groups in total. The quantitative estimate of drug-likeness (QED) is 0.532. The molecule has 20 heavy (non-hydrogen) atoms. The van der Waals surface area contributed by atoms with Gasteiger partial charge in [-0.15, -0.1) is 0 Å². The Morgan fingerprint density at radius 3 is 2.70 bits per heavy atom. The first-order chi connectivity index (χ1) is 9.59. The summed E-state index contributed by atoms with van der Waals surface area (Å²) in [6.45, 7) is 2.59. The van der Waals surface area contributed by atoms with E-state index in [2.05, 4.69) is 15.4 Å². The number of sulfone groups is 1. The smallest absolute Gasteiger partial charge is 0.239 e. The van der Waals surface area contributed by atoms with Gasteiger partial charge >= 0.3 is 0 Å². The van der Waals surface area contributed by atoms with E-state index >= 15 is 0 Å². The molecule has 3 heterocycles. The first kappa shape index (κ1) is 13.5. The van der Waals surface area contributed by atoms with Crippen LogP contribution < -0.4 is 16.2 Å². The Hall–Kier alpha value is -1.45. The fourth-order valence-electron chi connectivity index (χ4n) is 2.52. The maximum atomic E-state index is 11.9. The van der Waals surface area contributed by atoms with E-state index in [4.69, 9.17) is 10.6 Å². The highest BCUT2D eigenvalue weighted by molar-refractivity contribution is 7.90. The maximum Gasteiger partial charge on any atom is 0.239 e. The lowest BCUT2D eigenvalue weighted by Gasteiger charge is -2.31. The normalized spacial score (nSPS) is 21.4. The molecular formula is C11H17N5O3S. The molecule has 1 aromatic heterocycles. The zero-order valence-corrected chi connectivity index (χ0v) is 11.8. The summed E-state index contributed by atoms with van der Waals surface area (Å²) in [6.07, 6.45) is 0.409. The van der Waals surface area contributed by atoms with Crippen LogP contribution in [0.4, 0.5) is 11.8 Å². The Balaban J connectivity index is 2.06. The number of ether oxygens (including phenoxy) is 1. The summed E-state index contributed by atoms with van der Waals surface area (Å²) in [5, 5.41) is 0. The van der Waals surface area contributed by atoms with E-state index in [-0.39, 0.29) is 11.5 Å². The summed E-state index contributed by atoms with van der Waals surface area (Å²) in [5.74, 6) is 6.51. The number of hydrogen-bond donors (Lipinski definition) is 2. The third-order valence-electron chi connectivity index (χ3n) is 3.52. The molecule has 1 aromatic rings. The van der Waals surface area contributed by atoms with E-state index in [1.165, 1.54) is 0 Å². The number of anilines is 2. The summed E-state index contributed by atoms with van der Waals surface area (Å²) < 4.78 is 29.0. The molecule has 2 aliphatic rings. The zero-order chi connectivity index (χ0) is 14.2. The second-order valence-electron chi connectivity index (χ2n) is 4.88. The van der Waals surface area contributed by atoms with Crippen LogP contribution in [0.15, 0.2) is 0 Å². The van der Waals surface area contributed by atoms with Gasteiger partial charge in [-0.2, -0.15) is 4.98 Å². The molecule has 0 saturated carbocycles. The summed E-state index contributed by atoms with van der Waals surface area (Å²) in [5.41, 5.74) is 3.92. The molecular weight excluding hydrogens is 282 g/mol. The van der Waals surface area contributed by atoms with Crippen LogP contribution in [0.5, 0.6) is 0 Å². The average Bonchev–Trinajstić information content (AvgIpc) is 2.46. The Morgan fingerprint density at radius 2 is 2.00 bits per heavy atom. The van der Waals surface area contributed by atoms with Gasteiger partial charge in [0.25, 0.3) is 0 Å². The fourth-order valence-corrected chi connectivity index (χ4v) is 3.90. The number of hydrazine groups is 1. The van der Waals surface area contributed by atoms with Crippen LogP contribution in [-0.4, -0.2) is 50.4 Å². The van der Waals surface area contributed by atoms with Crippen molar-refractivity contribution < 1.29 is 13.2 Å². The van der Waals surface area contributed by atoms with Gasteiger partial charge < -0.3 is 9.64 Å². The van der Waals surface area contributed by atoms with Gasteiger partial charge in [-0.05, 0) is 0 Å². The largest absolute Gasteiger partial charge is 0.378 e. The number of rotatable bonds is 2. The molecule has 0 aromatic carbocycles. The summed E-state index contributed by atoms with van der Waals surface area (Å²) in [7, 11) is -3.07. The molecule has 0 aliphatic carbocycles. The monoisotopic (exact) mass is 299 g/mol. The maximum absolute atomic E-state index is 11.9.